The van der Waals surface area contributed by atoms with Gasteiger partial charge in [-0.1, -0.05) is 11.6 Å². The average molecular weight is 246 g/mol. The lowest BCUT2D eigenvalue weighted by atomic mass is 10.2. The molecule has 0 radical (unpaired) electrons. The number of hydrogen-bond acceptors (Lipinski definition) is 4. The fourth-order valence-corrected chi connectivity index (χ4v) is 3.56. The Bertz CT molecular complexity index is 525. The number of nitrogens with one attached hydrogen (secondary N) is 1. The summed E-state index contributed by atoms with van der Waals surface area (Å²) in [5.74, 6) is 0.368. The molecule has 4 rings (SSSR count). The van der Waals surface area contributed by atoms with Crippen LogP contribution in [0.5, 0.6) is 0 Å². The first-order chi connectivity index (χ1) is 7.07. The van der Waals surface area contributed by atoms with Gasteiger partial charge in [-0.15, -0.1) is 0 Å². The van der Waals surface area contributed by atoms with Gasteiger partial charge in [0.25, 0.3) is 0 Å². The number of halogens is 1. The van der Waals surface area contributed by atoms with Crippen LogP contribution in [-0.2, 0) is 10.0 Å². The molecule has 3 aliphatic rings. The van der Waals surface area contributed by atoms with Crippen molar-refractivity contribution in [3.8, 4) is 0 Å². The second kappa shape index (κ2) is 2.84. The van der Waals surface area contributed by atoms with Crippen molar-refractivity contribution >= 4 is 27.4 Å². The predicted molar refractivity (Wildman–Crippen MR) is 55.4 cm³/mol. The van der Waals surface area contributed by atoms with E-state index in [9.17, 15) is 8.42 Å². The molecular weight excluding hydrogens is 238 g/mol. The molecule has 1 aromatic rings. The molecule has 0 spiro atoms. The van der Waals surface area contributed by atoms with E-state index in [0.717, 1.165) is 0 Å². The first-order valence-corrected chi connectivity index (χ1v) is 6.32. The summed E-state index contributed by atoms with van der Waals surface area (Å²) in [6, 6.07) is 3.14. The zero-order valence-electron chi connectivity index (χ0n) is 7.64. The van der Waals surface area contributed by atoms with Crippen LogP contribution < -0.4 is 5.32 Å². The van der Waals surface area contributed by atoms with Gasteiger partial charge in [0.05, 0.1) is 6.04 Å². The van der Waals surface area contributed by atoms with E-state index in [1.54, 1.807) is 0 Å². The Morgan fingerprint density at radius 2 is 2.20 bits per heavy atom. The molecule has 0 aliphatic carbocycles. The van der Waals surface area contributed by atoms with Crippen LogP contribution in [0.15, 0.2) is 17.0 Å². The summed E-state index contributed by atoms with van der Waals surface area (Å²) < 4.78 is 25.4. The molecule has 0 atom stereocenters. The van der Waals surface area contributed by atoms with E-state index >= 15 is 0 Å². The summed E-state index contributed by atoms with van der Waals surface area (Å²) in [7, 11) is -3.36. The minimum Gasteiger partial charge on any atom is -0.363 e. The first kappa shape index (κ1) is 9.38. The van der Waals surface area contributed by atoms with Gasteiger partial charge in [-0.25, -0.2) is 13.4 Å². The standard InChI is InChI=1S/C8H8ClN3O2S/c9-7-2-1-6-8(11-7)10-5-3-12(4-5)15(6,13)14/h1-2,5H,3-4H2,(H,10,11). The third-order valence-corrected chi connectivity index (χ3v) is 4.70. The van der Waals surface area contributed by atoms with E-state index in [4.69, 9.17) is 11.6 Å². The van der Waals surface area contributed by atoms with E-state index in [-0.39, 0.29) is 10.9 Å². The summed E-state index contributed by atoms with van der Waals surface area (Å²) in [4.78, 5) is 4.21. The molecule has 0 amide bonds. The molecule has 1 aromatic heterocycles. The van der Waals surface area contributed by atoms with Crippen LogP contribution >= 0.6 is 11.6 Å². The molecule has 80 valence electrons. The van der Waals surface area contributed by atoms with Gasteiger partial charge in [0.2, 0.25) is 10.0 Å². The zero-order valence-corrected chi connectivity index (χ0v) is 9.22. The van der Waals surface area contributed by atoms with Crippen LogP contribution in [-0.4, -0.2) is 36.8 Å². The fraction of sp³-hybridized carbons (Fsp3) is 0.375. The average Bonchev–Trinajstić information content (AvgIpc) is 2.25. The van der Waals surface area contributed by atoms with Gasteiger partial charge >= 0.3 is 0 Å². The maximum Gasteiger partial charge on any atom is 0.246 e. The molecule has 1 fully saturated rings. The van der Waals surface area contributed by atoms with Crippen molar-refractivity contribution in [1.82, 2.24) is 9.29 Å². The number of rotatable bonds is 0. The van der Waals surface area contributed by atoms with Crippen LogP contribution in [0.2, 0.25) is 5.15 Å². The van der Waals surface area contributed by atoms with Crippen molar-refractivity contribution in [3.05, 3.63) is 17.3 Å². The third-order valence-electron chi connectivity index (χ3n) is 2.63. The van der Waals surface area contributed by atoms with E-state index in [2.05, 4.69) is 10.3 Å². The number of anilines is 1. The molecule has 0 unspecified atom stereocenters. The Kier molecular flexibility index (Phi) is 1.78. The molecule has 15 heavy (non-hydrogen) atoms. The SMILES string of the molecule is O=S1(=O)c2ccc(Cl)nc2NC2CN1C2. The molecule has 2 bridgehead atoms. The quantitative estimate of drug-likeness (QED) is 0.678. The predicted octanol–water partition coefficient (Wildman–Crippen LogP) is 0.533. The molecular formula is C8H8ClN3O2S. The number of pyridine rings is 1. The molecule has 5 nitrogen and oxygen atoms in total. The van der Waals surface area contributed by atoms with E-state index < -0.39 is 10.0 Å². The molecule has 1 saturated heterocycles. The van der Waals surface area contributed by atoms with Gasteiger partial charge < -0.3 is 5.32 Å². The van der Waals surface area contributed by atoms with E-state index in [0.29, 0.717) is 24.1 Å². The molecule has 0 saturated carbocycles. The van der Waals surface area contributed by atoms with Gasteiger partial charge in [-0.3, -0.25) is 0 Å². The van der Waals surface area contributed by atoms with Crippen molar-refractivity contribution in [2.24, 2.45) is 0 Å². The lowest BCUT2D eigenvalue weighted by Gasteiger charge is -2.34. The smallest absolute Gasteiger partial charge is 0.246 e. The maximum absolute atomic E-state index is 12.0. The van der Waals surface area contributed by atoms with Gasteiger partial charge in [-0.2, -0.15) is 4.31 Å². The van der Waals surface area contributed by atoms with Gasteiger partial charge in [0, 0.05) is 13.1 Å². The van der Waals surface area contributed by atoms with Gasteiger partial charge in [0.1, 0.15) is 15.9 Å². The Morgan fingerprint density at radius 1 is 1.47 bits per heavy atom. The highest BCUT2D eigenvalue weighted by Crippen LogP contribution is 2.33. The van der Waals surface area contributed by atoms with Crippen LogP contribution in [0.25, 0.3) is 0 Å². The summed E-state index contributed by atoms with van der Waals surface area (Å²) in [5, 5.41) is 3.37. The molecule has 7 heteroatoms. The van der Waals surface area contributed by atoms with Crippen molar-refractivity contribution in [3.63, 3.8) is 0 Å². The Hall–Kier alpha value is -0.850. The Morgan fingerprint density at radius 3 is 2.93 bits per heavy atom. The first-order valence-electron chi connectivity index (χ1n) is 4.50. The highest BCUT2D eigenvalue weighted by atomic mass is 35.5. The number of hydrogen-bond donors (Lipinski definition) is 1. The molecule has 4 heterocycles. The molecule has 1 N–H and O–H groups in total. The van der Waals surface area contributed by atoms with Crippen LogP contribution in [0.3, 0.4) is 0 Å². The lowest BCUT2D eigenvalue weighted by molar-refractivity contribution is 0.286. The van der Waals surface area contributed by atoms with Crippen LogP contribution in [0.1, 0.15) is 0 Å². The van der Waals surface area contributed by atoms with Crippen LogP contribution in [0.4, 0.5) is 5.82 Å². The minimum absolute atomic E-state index is 0.159. The minimum atomic E-state index is -3.36. The van der Waals surface area contributed by atoms with Crippen molar-refractivity contribution < 1.29 is 8.42 Å². The normalized spacial score (nSPS) is 30.7. The second-order valence-electron chi connectivity index (χ2n) is 3.64. The largest absolute Gasteiger partial charge is 0.363 e. The van der Waals surface area contributed by atoms with Crippen molar-refractivity contribution in [2.45, 2.75) is 10.9 Å². The monoisotopic (exact) mass is 245 g/mol. The highest BCUT2D eigenvalue weighted by Gasteiger charge is 2.42. The summed E-state index contributed by atoms with van der Waals surface area (Å²) in [6.45, 7) is 1.02. The number of aromatic nitrogens is 1. The van der Waals surface area contributed by atoms with Gasteiger partial charge in [0.15, 0.2) is 0 Å². The van der Waals surface area contributed by atoms with Crippen molar-refractivity contribution in [1.29, 1.82) is 0 Å². The molecule has 3 aliphatic heterocycles. The highest BCUT2D eigenvalue weighted by molar-refractivity contribution is 7.89. The summed E-state index contributed by atoms with van der Waals surface area (Å²) in [6.07, 6.45) is 0. The third kappa shape index (κ3) is 1.25. The maximum atomic E-state index is 12.0. The molecule has 0 aromatic carbocycles. The topological polar surface area (TPSA) is 62.3 Å². The van der Waals surface area contributed by atoms with E-state index in [1.807, 2.05) is 0 Å². The van der Waals surface area contributed by atoms with Crippen LogP contribution in [0, 0.1) is 0 Å². The Balaban J connectivity index is 2.25. The van der Waals surface area contributed by atoms with Gasteiger partial charge in [-0.05, 0) is 12.1 Å². The number of sulfonamides is 1. The van der Waals surface area contributed by atoms with E-state index in [1.165, 1.54) is 16.4 Å². The summed E-state index contributed by atoms with van der Waals surface area (Å²) >= 11 is 5.72. The lowest BCUT2D eigenvalue weighted by Crippen LogP contribution is -2.54. The fourth-order valence-electron chi connectivity index (χ4n) is 1.79. The second-order valence-corrected chi connectivity index (χ2v) is 5.94. The summed E-state index contributed by atoms with van der Waals surface area (Å²) in [5.41, 5.74) is 0. The number of nitrogens with zero attached hydrogens (tertiary/aromatic N) is 2. The Labute approximate surface area is 92.1 Å². The van der Waals surface area contributed by atoms with Crippen molar-refractivity contribution in [2.75, 3.05) is 18.4 Å². The zero-order chi connectivity index (χ0) is 10.6.